The maximum atomic E-state index is 12.9. The summed E-state index contributed by atoms with van der Waals surface area (Å²) in [6.07, 6.45) is 22.7. The summed E-state index contributed by atoms with van der Waals surface area (Å²) >= 11 is 0. The summed E-state index contributed by atoms with van der Waals surface area (Å²) in [5.41, 5.74) is -2.10. The first-order valence-corrected chi connectivity index (χ1v) is 33.9. The summed E-state index contributed by atoms with van der Waals surface area (Å²) in [6, 6.07) is 0. The Kier molecular flexibility index (Phi) is 28.8. The molecular weight excluding hydrogens is 1160 g/mol. The van der Waals surface area contributed by atoms with Gasteiger partial charge in [-0.25, -0.2) is 0 Å². The van der Waals surface area contributed by atoms with Crippen molar-refractivity contribution in [2.75, 3.05) is 33.6 Å². The van der Waals surface area contributed by atoms with Crippen molar-refractivity contribution in [1.82, 2.24) is 0 Å². The molecule has 91 heavy (non-hydrogen) atoms. The number of ether oxygens (including phenoxy) is 9. The second kappa shape index (κ2) is 32.9. The van der Waals surface area contributed by atoms with Gasteiger partial charge in [-0.05, 0) is 242 Å². The van der Waals surface area contributed by atoms with E-state index in [9.17, 15) is 33.6 Å². The highest BCUT2D eigenvalue weighted by molar-refractivity contribution is 5.91. The quantitative estimate of drug-likeness (QED) is 0.0325. The monoisotopic (exact) mass is 1290 g/mol. The van der Waals surface area contributed by atoms with E-state index in [0.717, 1.165) is 109 Å². The predicted molar refractivity (Wildman–Crippen MR) is 353 cm³/mol. The molecule has 16 nitrogen and oxygen atoms in total. The zero-order valence-corrected chi connectivity index (χ0v) is 53.4. The van der Waals surface area contributed by atoms with E-state index >= 15 is 0 Å². The number of carbonyl (C=O) groups excluding carboxylic acids is 7. The van der Waals surface area contributed by atoms with Crippen molar-refractivity contribution in [3.63, 3.8) is 0 Å². The fourth-order valence-electron chi connectivity index (χ4n) is 18.9. The highest BCUT2D eigenvalue weighted by Gasteiger charge is 2.67. The molecule has 0 saturated heterocycles. The molecule has 12 bridgehead atoms. The number of Topliss-reactive ketones (excluding diaryl/α,β-unsaturated/α-hetero) is 1. The molecular formula is C75H130O16. The van der Waals surface area contributed by atoms with Gasteiger partial charge in [0.05, 0.1) is 40.6 Å². The van der Waals surface area contributed by atoms with Crippen LogP contribution in [-0.2, 0) is 76.2 Å². The molecule has 0 spiro atoms. The van der Waals surface area contributed by atoms with E-state index < -0.39 is 21.8 Å². The number of rotatable bonds is 22. The second-order valence-electron chi connectivity index (χ2n) is 30.9. The second-order valence-corrected chi connectivity index (χ2v) is 30.9. The van der Waals surface area contributed by atoms with Gasteiger partial charge in [0.1, 0.15) is 23.9 Å². The average molecular weight is 1290 g/mol. The number of hydrogen-bond acceptors (Lipinski definition) is 16. The molecule has 16 heteroatoms. The first-order chi connectivity index (χ1) is 40.5. The van der Waals surface area contributed by atoms with E-state index in [1.807, 2.05) is 69.2 Å². The molecule has 0 radical (unpaired) electrons. The molecule has 0 amide bonds. The molecule has 13 aliphatic rings. The van der Waals surface area contributed by atoms with Crippen molar-refractivity contribution in [3.05, 3.63) is 0 Å². The van der Waals surface area contributed by atoms with Crippen LogP contribution in [0.3, 0.4) is 0 Å². The average Bonchev–Trinajstić information content (AvgIpc) is 1.64. The Morgan fingerprint density at radius 2 is 0.868 bits per heavy atom. The SMILES string of the molecule is C.C.C.C.C.C.CCC(C)(C)C(=O)OC1CC2CC(C(=O)OCOC34CC5CC(CC(C5)C3=O)C4)C1C2.CCC(C)(C)C(=O)OC1CC2CC(C(=O)OCOCC3CCCCC3)C1C2.CCOCOC(=O)C1CC2CC1C1C3CC(CC3OC(=O)C(C)(C)CC)C21. The number of carbonyl (C=O) groups is 7. The molecule has 526 valence electrons. The molecule has 0 aliphatic heterocycles. The van der Waals surface area contributed by atoms with Gasteiger partial charge < -0.3 is 42.6 Å². The molecule has 13 saturated carbocycles. The van der Waals surface area contributed by atoms with Gasteiger partial charge in [0.25, 0.3) is 0 Å². The largest absolute Gasteiger partial charge is 0.462 e. The van der Waals surface area contributed by atoms with Crippen molar-refractivity contribution < 1.29 is 76.2 Å². The summed E-state index contributed by atoms with van der Waals surface area (Å²) in [5, 5.41) is 0. The van der Waals surface area contributed by atoms with Gasteiger partial charge in [0, 0.05) is 24.4 Å². The summed E-state index contributed by atoms with van der Waals surface area (Å²) in [4.78, 5) is 88.3. The third kappa shape index (κ3) is 17.0. The summed E-state index contributed by atoms with van der Waals surface area (Å²) in [5.74, 6) is 5.37. The smallest absolute Gasteiger partial charge is 0.311 e. The van der Waals surface area contributed by atoms with E-state index in [1.165, 1.54) is 44.9 Å². The lowest BCUT2D eigenvalue weighted by Crippen LogP contribution is -2.59. The van der Waals surface area contributed by atoms with Crippen LogP contribution < -0.4 is 0 Å². The minimum atomic E-state index is -0.715. The fraction of sp³-hybridized carbons (Fsp3) is 0.907. The number of hydrogen-bond donors (Lipinski definition) is 0. The molecule has 13 fully saturated rings. The summed E-state index contributed by atoms with van der Waals surface area (Å²) in [6.45, 7) is 20.7. The molecule has 0 aromatic heterocycles. The van der Waals surface area contributed by atoms with Crippen LogP contribution in [0.25, 0.3) is 0 Å². The Labute approximate surface area is 551 Å². The van der Waals surface area contributed by atoms with Gasteiger partial charge in [-0.1, -0.05) is 84.6 Å². The number of fused-ring (bicyclic) bond motifs is 13. The predicted octanol–water partition coefficient (Wildman–Crippen LogP) is 16.1. The van der Waals surface area contributed by atoms with E-state index in [2.05, 4.69) is 0 Å². The Bertz CT molecular complexity index is 2390. The molecule has 18 atom stereocenters. The maximum absolute atomic E-state index is 12.9. The Morgan fingerprint density at radius 1 is 0.440 bits per heavy atom. The van der Waals surface area contributed by atoms with Crippen LogP contribution in [0.1, 0.15) is 261 Å². The zero-order chi connectivity index (χ0) is 60.8. The van der Waals surface area contributed by atoms with Gasteiger partial charge in [-0.15, -0.1) is 0 Å². The van der Waals surface area contributed by atoms with Crippen molar-refractivity contribution in [1.29, 1.82) is 0 Å². The summed E-state index contributed by atoms with van der Waals surface area (Å²) in [7, 11) is 0. The van der Waals surface area contributed by atoms with Gasteiger partial charge in [-0.2, -0.15) is 0 Å². The van der Waals surface area contributed by atoms with Crippen LogP contribution in [0.2, 0.25) is 0 Å². The normalized spacial score (nSPS) is 36.2. The van der Waals surface area contributed by atoms with Crippen LogP contribution in [-0.4, -0.2) is 99.1 Å². The molecule has 13 aliphatic carbocycles. The minimum Gasteiger partial charge on any atom is -0.462 e. The number of esters is 6. The zero-order valence-electron chi connectivity index (χ0n) is 53.4. The Hall–Kier alpha value is -3.63. The first-order valence-electron chi connectivity index (χ1n) is 33.9. The maximum Gasteiger partial charge on any atom is 0.311 e. The van der Waals surface area contributed by atoms with E-state index in [-0.39, 0.29) is 160 Å². The van der Waals surface area contributed by atoms with Crippen molar-refractivity contribution in [2.45, 2.75) is 285 Å². The third-order valence-electron chi connectivity index (χ3n) is 24.6. The van der Waals surface area contributed by atoms with E-state index in [0.29, 0.717) is 72.4 Å². The summed E-state index contributed by atoms with van der Waals surface area (Å²) < 4.78 is 50.8. The van der Waals surface area contributed by atoms with E-state index in [1.54, 1.807) is 0 Å². The first kappa shape index (κ1) is 79.8. The van der Waals surface area contributed by atoms with Crippen molar-refractivity contribution in [2.24, 2.45) is 117 Å². The van der Waals surface area contributed by atoms with Crippen LogP contribution in [0.4, 0.5) is 0 Å². The fourth-order valence-corrected chi connectivity index (χ4v) is 18.9. The molecule has 0 N–H and O–H groups in total. The number of ketones is 1. The van der Waals surface area contributed by atoms with Gasteiger partial charge in [0.2, 0.25) is 0 Å². The molecule has 13 rings (SSSR count). The van der Waals surface area contributed by atoms with Crippen LogP contribution >= 0.6 is 0 Å². The molecule has 0 aromatic carbocycles. The molecule has 0 heterocycles. The van der Waals surface area contributed by atoms with Gasteiger partial charge in [-0.3, -0.25) is 33.6 Å². The highest BCUT2D eigenvalue weighted by atomic mass is 16.7. The minimum absolute atomic E-state index is 0. The lowest BCUT2D eigenvalue weighted by molar-refractivity contribution is -0.210. The van der Waals surface area contributed by atoms with Crippen LogP contribution in [0.5, 0.6) is 0 Å². The van der Waals surface area contributed by atoms with Crippen LogP contribution in [0.15, 0.2) is 0 Å². The highest BCUT2D eigenvalue weighted by Crippen LogP contribution is 2.69. The Morgan fingerprint density at radius 3 is 1.33 bits per heavy atom. The van der Waals surface area contributed by atoms with Crippen LogP contribution in [0, 0.1) is 117 Å². The standard InChI is InChI=1S/C25H36O6.C22H34O5.C22H36O5.6CH4/c1-4-24(2,3)23(28)31-20-10-14-8-18(20)19(9-14)22(27)29-13-30-25-11-15-5-16(12-25)7-17(6-15)21(25)26;1-5-22(3,4)21(24)27-17-10-13-9-16(17)19-14-7-12(18(13)19)8-15(14)20(23)26-11-25-6-2;1-4-22(2,3)21(24)27-19-12-16-10-17(19)18(11-16)20(23)26-14-25-13-15-8-6-5-7-9-15;;;;;;/h14-20H,4-13H2,1-3H3;12-19H,5-11H2,1-4H3;15-19H,4-14H2,1-3H3;6*1H4. The van der Waals surface area contributed by atoms with E-state index in [4.69, 9.17) is 42.6 Å². The Balaban J connectivity index is 0.000000283. The van der Waals surface area contributed by atoms with Crippen molar-refractivity contribution in [3.8, 4) is 0 Å². The molecule has 0 aromatic rings. The lowest BCUT2D eigenvalue weighted by Gasteiger charge is -2.54. The third-order valence-corrected chi connectivity index (χ3v) is 24.6. The lowest BCUT2D eigenvalue weighted by atomic mass is 9.53. The topological polar surface area (TPSA) is 203 Å². The molecule has 18 unspecified atom stereocenters. The van der Waals surface area contributed by atoms with Gasteiger partial charge >= 0.3 is 35.8 Å². The van der Waals surface area contributed by atoms with Gasteiger partial charge in [0.15, 0.2) is 26.2 Å². The van der Waals surface area contributed by atoms with Crippen molar-refractivity contribution >= 4 is 41.6 Å².